The van der Waals surface area contributed by atoms with Crippen LogP contribution in [-0.4, -0.2) is 62.7 Å². The standard InChI is InChI=1S/C17H17FN6O2/c1-26-15-9-24(8-12(15)14-7-20-23-21-14)17(25)11-6-19-22-16(11)10-4-2-3-5-13(10)18/h2-7,12,15H,8-9H2,1H3,(H,19,22)(H,20,21,23)/t12-,15+/m0/s1. The molecule has 134 valence electrons. The number of carbonyl (C=O) groups is 1. The molecule has 0 radical (unpaired) electrons. The lowest BCUT2D eigenvalue weighted by Gasteiger charge is -2.16. The Bertz CT molecular complexity index is 910. The highest BCUT2D eigenvalue weighted by molar-refractivity contribution is 6.00. The lowest BCUT2D eigenvalue weighted by atomic mass is 10.0. The first-order valence-corrected chi connectivity index (χ1v) is 8.15. The number of aromatic amines is 2. The largest absolute Gasteiger partial charge is 0.379 e. The number of amides is 1. The number of ether oxygens (including phenoxy) is 1. The minimum Gasteiger partial charge on any atom is -0.379 e. The molecule has 0 unspecified atom stereocenters. The van der Waals surface area contributed by atoms with Crippen LogP contribution >= 0.6 is 0 Å². The van der Waals surface area contributed by atoms with Crippen molar-refractivity contribution in [2.45, 2.75) is 12.0 Å². The van der Waals surface area contributed by atoms with Gasteiger partial charge in [0.25, 0.3) is 5.91 Å². The van der Waals surface area contributed by atoms with Crippen LogP contribution in [0.25, 0.3) is 11.3 Å². The van der Waals surface area contributed by atoms with Gasteiger partial charge in [-0.2, -0.15) is 20.5 Å². The fourth-order valence-electron chi connectivity index (χ4n) is 3.34. The quantitative estimate of drug-likeness (QED) is 0.739. The van der Waals surface area contributed by atoms with E-state index in [-0.39, 0.29) is 17.9 Å². The number of H-pyrrole nitrogens is 2. The van der Waals surface area contributed by atoms with Crippen molar-refractivity contribution in [3.63, 3.8) is 0 Å². The molecule has 1 aromatic carbocycles. The van der Waals surface area contributed by atoms with Crippen molar-refractivity contribution in [3.8, 4) is 11.3 Å². The van der Waals surface area contributed by atoms with E-state index in [1.54, 1.807) is 36.4 Å². The second kappa shape index (κ2) is 6.68. The smallest absolute Gasteiger partial charge is 0.257 e. The Hall–Kier alpha value is -3.07. The number of nitrogens with one attached hydrogen (secondary N) is 2. The van der Waals surface area contributed by atoms with Gasteiger partial charge in [-0.1, -0.05) is 12.1 Å². The van der Waals surface area contributed by atoms with E-state index in [1.807, 2.05) is 0 Å². The number of nitrogens with zero attached hydrogens (tertiary/aromatic N) is 4. The van der Waals surface area contributed by atoms with Crippen molar-refractivity contribution in [3.05, 3.63) is 53.7 Å². The monoisotopic (exact) mass is 356 g/mol. The molecule has 0 saturated carbocycles. The van der Waals surface area contributed by atoms with Crippen LogP contribution in [0.3, 0.4) is 0 Å². The molecule has 0 spiro atoms. The van der Waals surface area contributed by atoms with Gasteiger partial charge in [-0.3, -0.25) is 9.89 Å². The Morgan fingerprint density at radius 3 is 2.85 bits per heavy atom. The molecule has 2 N–H and O–H groups in total. The topological polar surface area (TPSA) is 99.8 Å². The average molecular weight is 356 g/mol. The molecule has 26 heavy (non-hydrogen) atoms. The van der Waals surface area contributed by atoms with E-state index >= 15 is 0 Å². The number of halogens is 1. The Morgan fingerprint density at radius 1 is 1.27 bits per heavy atom. The summed E-state index contributed by atoms with van der Waals surface area (Å²) in [6.45, 7) is 0.848. The van der Waals surface area contributed by atoms with Crippen LogP contribution in [0.1, 0.15) is 22.0 Å². The summed E-state index contributed by atoms with van der Waals surface area (Å²) in [7, 11) is 1.61. The fraction of sp³-hybridized carbons (Fsp3) is 0.294. The van der Waals surface area contributed by atoms with Crippen LogP contribution < -0.4 is 0 Å². The third kappa shape index (κ3) is 2.76. The first-order chi connectivity index (χ1) is 12.7. The third-order valence-corrected chi connectivity index (χ3v) is 4.68. The van der Waals surface area contributed by atoms with Gasteiger partial charge in [-0.15, -0.1) is 0 Å². The van der Waals surface area contributed by atoms with E-state index in [2.05, 4.69) is 25.6 Å². The fourth-order valence-corrected chi connectivity index (χ4v) is 3.34. The normalized spacial score (nSPS) is 19.8. The molecule has 1 saturated heterocycles. The highest BCUT2D eigenvalue weighted by Crippen LogP contribution is 2.31. The second-order valence-corrected chi connectivity index (χ2v) is 6.12. The minimum atomic E-state index is -0.414. The Morgan fingerprint density at radius 2 is 2.12 bits per heavy atom. The lowest BCUT2D eigenvalue weighted by Crippen LogP contribution is -2.30. The van der Waals surface area contributed by atoms with Gasteiger partial charge in [0.1, 0.15) is 5.82 Å². The summed E-state index contributed by atoms with van der Waals surface area (Å²) in [5, 5.41) is 17.2. The molecular formula is C17H17FN6O2. The molecule has 0 bridgehead atoms. The number of benzene rings is 1. The molecule has 2 aromatic heterocycles. The summed E-state index contributed by atoms with van der Waals surface area (Å²) in [6.07, 6.45) is 2.87. The zero-order valence-corrected chi connectivity index (χ0v) is 14.0. The maximum atomic E-state index is 14.1. The maximum absolute atomic E-state index is 14.1. The van der Waals surface area contributed by atoms with Crippen molar-refractivity contribution >= 4 is 5.91 Å². The molecule has 1 fully saturated rings. The van der Waals surface area contributed by atoms with Crippen molar-refractivity contribution in [2.75, 3.05) is 20.2 Å². The summed E-state index contributed by atoms with van der Waals surface area (Å²) in [6, 6.07) is 6.27. The molecule has 2 atom stereocenters. The first-order valence-electron chi connectivity index (χ1n) is 8.15. The van der Waals surface area contributed by atoms with Gasteiger partial charge in [0.05, 0.1) is 41.4 Å². The van der Waals surface area contributed by atoms with Crippen LogP contribution in [0.15, 0.2) is 36.7 Å². The van der Waals surface area contributed by atoms with E-state index in [0.717, 1.165) is 5.69 Å². The highest BCUT2D eigenvalue weighted by atomic mass is 19.1. The summed E-state index contributed by atoms with van der Waals surface area (Å²) in [5.41, 5.74) is 1.75. The number of likely N-dealkylation sites (tertiary alicyclic amines) is 1. The summed E-state index contributed by atoms with van der Waals surface area (Å²) in [4.78, 5) is 14.7. The highest BCUT2D eigenvalue weighted by Gasteiger charge is 2.39. The number of hydrogen-bond donors (Lipinski definition) is 2. The van der Waals surface area contributed by atoms with Crippen LogP contribution in [0.2, 0.25) is 0 Å². The molecule has 3 aromatic rings. The molecule has 8 nitrogen and oxygen atoms in total. The lowest BCUT2D eigenvalue weighted by molar-refractivity contribution is 0.0715. The average Bonchev–Trinajstić information content (AvgIpc) is 3.40. The van der Waals surface area contributed by atoms with Crippen molar-refractivity contribution in [1.29, 1.82) is 0 Å². The van der Waals surface area contributed by atoms with Crippen LogP contribution in [0.5, 0.6) is 0 Å². The number of carbonyl (C=O) groups excluding carboxylic acids is 1. The van der Waals surface area contributed by atoms with Gasteiger partial charge in [-0.25, -0.2) is 4.39 Å². The minimum absolute atomic E-state index is 0.0773. The molecule has 1 amide bonds. The molecule has 1 aliphatic heterocycles. The van der Waals surface area contributed by atoms with Gasteiger partial charge >= 0.3 is 0 Å². The molecule has 4 rings (SSSR count). The van der Waals surface area contributed by atoms with Gasteiger partial charge in [-0.05, 0) is 12.1 Å². The molecule has 1 aliphatic rings. The van der Waals surface area contributed by atoms with Gasteiger partial charge in [0.15, 0.2) is 0 Å². The van der Waals surface area contributed by atoms with Crippen LogP contribution in [-0.2, 0) is 4.74 Å². The number of hydrogen-bond acceptors (Lipinski definition) is 5. The third-order valence-electron chi connectivity index (χ3n) is 4.68. The summed E-state index contributed by atoms with van der Waals surface area (Å²) >= 11 is 0. The van der Waals surface area contributed by atoms with Crippen molar-refractivity contribution in [2.24, 2.45) is 0 Å². The van der Waals surface area contributed by atoms with Crippen LogP contribution in [0.4, 0.5) is 4.39 Å². The van der Waals surface area contributed by atoms with Gasteiger partial charge in [0.2, 0.25) is 0 Å². The maximum Gasteiger partial charge on any atom is 0.257 e. The predicted molar refractivity (Wildman–Crippen MR) is 89.8 cm³/mol. The molecule has 0 aliphatic carbocycles. The zero-order chi connectivity index (χ0) is 18.1. The van der Waals surface area contributed by atoms with Crippen LogP contribution in [0, 0.1) is 5.82 Å². The van der Waals surface area contributed by atoms with E-state index in [9.17, 15) is 9.18 Å². The first kappa shape index (κ1) is 16.4. The van der Waals surface area contributed by atoms with Gasteiger partial charge in [0, 0.05) is 25.8 Å². The molecule has 3 heterocycles. The predicted octanol–water partition coefficient (Wildman–Crippen LogP) is 1.59. The second-order valence-electron chi connectivity index (χ2n) is 6.12. The van der Waals surface area contributed by atoms with E-state index < -0.39 is 5.82 Å². The number of rotatable bonds is 4. The summed E-state index contributed by atoms with van der Waals surface area (Å²) in [5.74, 6) is -0.723. The van der Waals surface area contributed by atoms with Gasteiger partial charge < -0.3 is 9.64 Å². The number of methoxy groups -OCH3 is 1. The molecular weight excluding hydrogens is 339 g/mol. The zero-order valence-electron chi connectivity index (χ0n) is 14.0. The SMILES string of the molecule is CO[C@@H]1CN(C(=O)c2cn[nH]c2-c2ccccc2F)C[C@H]1c1cn[nH]n1. The number of aromatic nitrogens is 5. The van der Waals surface area contributed by atoms with E-state index in [1.165, 1.54) is 12.3 Å². The summed E-state index contributed by atoms with van der Waals surface area (Å²) < 4.78 is 19.6. The van der Waals surface area contributed by atoms with E-state index in [4.69, 9.17) is 4.74 Å². The Kier molecular flexibility index (Phi) is 4.21. The van der Waals surface area contributed by atoms with E-state index in [0.29, 0.717) is 29.9 Å². The van der Waals surface area contributed by atoms with Crippen molar-refractivity contribution < 1.29 is 13.9 Å². The Balaban J connectivity index is 1.62. The van der Waals surface area contributed by atoms with Crippen molar-refractivity contribution in [1.82, 2.24) is 30.5 Å². The molecule has 9 heteroatoms. The Labute approximate surface area is 148 Å².